The summed E-state index contributed by atoms with van der Waals surface area (Å²) in [5.41, 5.74) is 0.537. The summed E-state index contributed by atoms with van der Waals surface area (Å²) in [6.45, 7) is 3.47. The van der Waals surface area contributed by atoms with Crippen molar-refractivity contribution in [3.8, 4) is 11.5 Å². The van der Waals surface area contributed by atoms with Crippen LogP contribution in [0.4, 0.5) is 0 Å². The Balaban J connectivity index is 1.52. The molecule has 2 heterocycles. The van der Waals surface area contributed by atoms with Crippen LogP contribution in [0.3, 0.4) is 0 Å². The van der Waals surface area contributed by atoms with Crippen molar-refractivity contribution in [2.75, 3.05) is 32.9 Å². The van der Waals surface area contributed by atoms with Crippen molar-refractivity contribution in [3.05, 3.63) is 54.1 Å². The number of sulfonamides is 1. The Kier molecular flexibility index (Phi) is 4.71. The highest BCUT2D eigenvalue weighted by molar-refractivity contribution is 7.89. The maximum atomic E-state index is 13.0. The van der Waals surface area contributed by atoms with E-state index in [1.165, 1.54) is 4.31 Å². The van der Waals surface area contributed by atoms with E-state index in [2.05, 4.69) is 0 Å². The third kappa shape index (κ3) is 3.25. The van der Waals surface area contributed by atoms with Gasteiger partial charge in [-0.1, -0.05) is 18.2 Å². The predicted octanol–water partition coefficient (Wildman–Crippen LogP) is 2.42. The van der Waals surface area contributed by atoms with E-state index in [0.29, 0.717) is 25.5 Å². The lowest BCUT2D eigenvalue weighted by molar-refractivity contribution is 0.0905. The van der Waals surface area contributed by atoms with Crippen molar-refractivity contribution in [1.82, 2.24) is 4.31 Å². The first-order valence-electron chi connectivity index (χ1n) is 8.97. The van der Waals surface area contributed by atoms with Crippen LogP contribution in [-0.4, -0.2) is 50.7 Å². The summed E-state index contributed by atoms with van der Waals surface area (Å²) in [7, 11) is -3.62. The van der Waals surface area contributed by atoms with Gasteiger partial charge in [-0.15, -0.1) is 0 Å². The number of nitrogens with zero attached hydrogens (tertiary/aromatic N) is 1. The highest BCUT2D eigenvalue weighted by atomic mass is 32.2. The Morgan fingerprint density at radius 2 is 1.96 bits per heavy atom. The molecule has 2 aliphatic heterocycles. The molecule has 2 aliphatic rings. The summed E-state index contributed by atoms with van der Waals surface area (Å²) in [6, 6.07) is 14.1. The van der Waals surface area contributed by atoms with E-state index in [9.17, 15) is 13.5 Å². The summed E-state index contributed by atoms with van der Waals surface area (Å²) in [5, 5.41) is 9.76. The van der Waals surface area contributed by atoms with E-state index in [0.717, 1.165) is 11.3 Å². The molecule has 0 spiro atoms. The van der Waals surface area contributed by atoms with Gasteiger partial charge >= 0.3 is 0 Å². The van der Waals surface area contributed by atoms with Gasteiger partial charge in [-0.3, -0.25) is 0 Å². The van der Waals surface area contributed by atoms with Crippen molar-refractivity contribution in [1.29, 1.82) is 0 Å². The second-order valence-electron chi connectivity index (χ2n) is 7.37. The first kappa shape index (κ1) is 18.4. The van der Waals surface area contributed by atoms with E-state index in [1.807, 2.05) is 31.2 Å². The Labute approximate surface area is 159 Å². The van der Waals surface area contributed by atoms with Crippen LogP contribution in [0.5, 0.6) is 11.5 Å². The fourth-order valence-electron chi connectivity index (χ4n) is 3.82. The zero-order valence-electron chi connectivity index (χ0n) is 15.2. The molecule has 0 aliphatic carbocycles. The van der Waals surface area contributed by atoms with E-state index < -0.39 is 15.4 Å². The number of aryl methyl sites for hydroxylation is 1. The van der Waals surface area contributed by atoms with Crippen LogP contribution in [0.15, 0.2) is 53.4 Å². The van der Waals surface area contributed by atoms with Crippen LogP contribution in [0, 0.1) is 18.3 Å². The van der Waals surface area contributed by atoms with Crippen LogP contribution in [0.25, 0.3) is 0 Å². The van der Waals surface area contributed by atoms with Gasteiger partial charge in [0.25, 0.3) is 0 Å². The fourth-order valence-corrected chi connectivity index (χ4v) is 5.40. The smallest absolute Gasteiger partial charge is 0.243 e. The molecule has 0 radical (unpaired) electrons. The molecule has 2 aromatic carbocycles. The van der Waals surface area contributed by atoms with Gasteiger partial charge in [0, 0.05) is 24.4 Å². The highest BCUT2D eigenvalue weighted by Crippen LogP contribution is 2.42. The molecule has 2 atom stereocenters. The highest BCUT2D eigenvalue weighted by Gasteiger charge is 2.53. The molecule has 1 N–H and O–H groups in total. The number of ether oxygens (including phenoxy) is 2. The van der Waals surface area contributed by atoms with E-state index in [4.69, 9.17) is 9.47 Å². The molecule has 4 rings (SSSR count). The van der Waals surface area contributed by atoms with E-state index >= 15 is 0 Å². The summed E-state index contributed by atoms with van der Waals surface area (Å²) in [4.78, 5) is 0.230. The lowest BCUT2D eigenvalue weighted by atomic mass is 9.82. The largest absolute Gasteiger partial charge is 0.457 e. The van der Waals surface area contributed by atoms with E-state index in [-0.39, 0.29) is 24.0 Å². The van der Waals surface area contributed by atoms with Gasteiger partial charge in [-0.2, -0.15) is 4.31 Å². The molecule has 0 saturated carbocycles. The minimum atomic E-state index is -3.62. The molecule has 0 aromatic heterocycles. The van der Waals surface area contributed by atoms with Gasteiger partial charge in [-0.25, -0.2) is 8.42 Å². The SMILES string of the molecule is Cc1ccccc1Oc1ccc(S(=O)(=O)N2C[C@H]3COC[C@@]3(CO)C2)cc1. The zero-order valence-corrected chi connectivity index (χ0v) is 16.0. The molecule has 0 unspecified atom stereocenters. The minimum absolute atomic E-state index is 0.0425. The Morgan fingerprint density at radius 3 is 2.63 bits per heavy atom. The summed E-state index contributed by atoms with van der Waals surface area (Å²) < 4.78 is 38.8. The average Bonchev–Trinajstić information content (AvgIpc) is 3.22. The minimum Gasteiger partial charge on any atom is -0.457 e. The molecule has 2 aromatic rings. The molecule has 2 saturated heterocycles. The number of aliphatic hydroxyl groups excluding tert-OH is 1. The van der Waals surface area contributed by atoms with Crippen molar-refractivity contribution < 1.29 is 23.0 Å². The lowest BCUT2D eigenvalue weighted by Crippen LogP contribution is -2.36. The molecular weight excluding hydrogens is 366 g/mol. The summed E-state index contributed by atoms with van der Waals surface area (Å²) in [5.74, 6) is 1.37. The van der Waals surface area contributed by atoms with Crippen molar-refractivity contribution in [3.63, 3.8) is 0 Å². The van der Waals surface area contributed by atoms with Crippen LogP contribution < -0.4 is 4.74 Å². The standard InChI is InChI=1S/C20H23NO5S/c1-15-4-2-3-5-19(15)26-17-6-8-18(9-7-17)27(23,24)21-10-16-11-25-14-20(16,12-21)13-22/h2-9,16,22H,10-14H2,1H3/t16-,20-/m0/s1. The second-order valence-corrected chi connectivity index (χ2v) is 9.31. The number of hydrogen-bond donors (Lipinski definition) is 1. The van der Waals surface area contributed by atoms with Crippen molar-refractivity contribution in [2.45, 2.75) is 11.8 Å². The quantitative estimate of drug-likeness (QED) is 0.850. The summed E-state index contributed by atoms with van der Waals surface area (Å²) >= 11 is 0. The molecule has 0 bridgehead atoms. The number of aliphatic hydroxyl groups is 1. The first-order valence-corrected chi connectivity index (χ1v) is 10.4. The normalized spacial score (nSPS) is 25.5. The van der Waals surface area contributed by atoms with Crippen molar-refractivity contribution >= 4 is 10.0 Å². The number of hydrogen-bond acceptors (Lipinski definition) is 5. The molecule has 144 valence electrons. The number of fused-ring (bicyclic) bond motifs is 1. The summed E-state index contributed by atoms with van der Waals surface area (Å²) in [6.07, 6.45) is 0. The lowest BCUT2D eigenvalue weighted by Gasteiger charge is -2.24. The number of benzene rings is 2. The topological polar surface area (TPSA) is 76.1 Å². The van der Waals surface area contributed by atoms with Crippen LogP contribution in [-0.2, 0) is 14.8 Å². The van der Waals surface area contributed by atoms with Gasteiger partial charge in [0.1, 0.15) is 11.5 Å². The molecule has 0 amide bonds. The van der Waals surface area contributed by atoms with Gasteiger partial charge in [0.05, 0.1) is 24.7 Å². The maximum absolute atomic E-state index is 13.0. The first-order chi connectivity index (χ1) is 12.9. The Morgan fingerprint density at radius 1 is 1.22 bits per heavy atom. The van der Waals surface area contributed by atoms with Crippen LogP contribution >= 0.6 is 0 Å². The van der Waals surface area contributed by atoms with Gasteiger partial charge in [0.2, 0.25) is 10.0 Å². The molecule has 2 fully saturated rings. The van der Waals surface area contributed by atoms with E-state index in [1.54, 1.807) is 24.3 Å². The fraction of sp³-hybridized carbons (Fsp3) is 0.400. The molecule has 6 nitrogen and oxygen atoms in total. The predicted molar refractivity (Wildman–Crippen MR) is 100 cm³/mol. The maximum Gasteiger partial charge on any atom is 0.243 e. The Bertz CT molecular complexity index is 928. The Hall–Kier alpha value is -1.93. The molecule has 27 heavy (non-hydrogen) atoms. The van der Waals surface area contributed by atoms with Gasteiger partial charge < -0.3 is 14.6 Å². The third-order valence-corrected chi connectivity index (χ3v) is 7.41. The van der Waals surface area contributed by atoms with Gasteiger partial charge in [-0.05, 0) is 42.8 Å². The third-order valence-electron chi connectivity index (χ3n) is 5.59. The second kappa shape index (κ2) is 6.91. The van der Waals surface area contributed by atoms with Gasteiger partial charge in [0.15, 0.2) is 0 Å². The zero-order chi connectivity index (χ0) is 19.1. The number of para-hydroxylation sites is 1. The van der Waals surface area contributed by atoms with Crippen LogP contribution in [0.2, 0.25) is 0 Å². The van der Waals surface area contributed by atoms with Crippen molar-refractivity contribution in [2.24, 2.45) is 11.3 Å². The van der Waals surface area contributed by atoms with Crippen LogP contribution in [0.1, 0.15) is 5.56 Å². The average molecular weight is 389 g/mol. The molecular formula is C20H23NO5S. The number of rotatable bonds is 5. The monoisotopic (exact) mass is 389 g/mol. The molecule has 7 heteroatoms.